The van der Waals surface area contributed by atoms with Crippen LogP contribution in [0.2, 0.25) is 0 Å². The predicted molar refractivity (Wildman–Crippen MR) is 114 cm³/mol. The van der Waals surface area contributed by atoms with E-state index in [-0.39, 0.29) is 24.0 Å². The second-order valence-corrected chi connectivity index (χ2v) is 6.60. The van der Waals surface area contributed by atoms with Gasteiger partial charge in [0.25, 0.3) is 0 Å². The fourth-order valence-corrected chi connectivity index (χ4v) is 2.74. The van der Waals surface area contributed by atoms with Gasteiger partial charge in [-0.25, -0.2) is 0 Å². The van der Waals surface area contributed by atoms with Crippen molar-refractivity contribution >= 4 is 29.9 Å². The van der Waals surface area contributed by atoms with Crippen LogP contribution in [-0.2, 0) is 4.74 Å². The Labute approximate surface area is 165 Å². The molecule has 1 fully saturated rings. The lowest BCUT2D eigenvalue weighted by Crippen LogP contribution is -2.42. The lowest BCUT2D eigenvalue weighted by molar-refractivity contribution is 0.162. The molecule has 2 N–H and O–H groups in total. The maximum Gasteiger partial charge on any atom is 0.191 e. The Balaban J connectivity index is 0.00000529. The highest BCUT2D eigenvalue weighted by molar-refractivity contribution is 14.0. The van der Waals surface area contributed by atoms with Crippen LogP contribution in [0.1, 0.15) is 26.2 Å². The number of rotatable bonds is 10. The first kappa shape index (κ1) is 23.9. The molecule has 0 bridgehead atoms. The molecule has 144 valence electrons. The topological polar surface area (TPSA) is 52.1 Å². The number of hydrogen-bond acceptors (Lipinski definition) is 4. The van der Waals surface area contributed by atoms with Crippen LogP contribution < -0.4 is 10.6 Å². The number of aliphatic imine (C=N–C) groups is 1. The number of nitrogens with zero attached hydrogens (tertiary/aromatic N) is 3. The number of methoxy groups -OCH3 is 1. The molecule has 1 heterocycles. The smallest absolute Gasteiger partial charge is 0.191 e. The van der Waals surface area contributed by atoms with Crippen molar-refractivity contribution in [3.05, 3.63) is 0 Å². The zero-order valence-electron chi connectivity index (χ0n) is 16.0. The first-order valence-corrected chi connectivity index (χ1v) is 9.00. The molecule has 1 saturated heterocycles. The Bertz CT molecular complexity index is 322. The Morgan fingerprint density at radius 3 is 2.50 bits per heavy atom. The number of hydrogen-bond donors (Lipinski definition) is 2. The van der Waals surface area contributed by atoms with E-state index in [1.165, 1.54) is 38.9 Å². The summed E-state index contributed by atoms with van der Waals surface area (Å²) in [5.41, 5.74) is 0. The van der Waals surface area contributed by atoms with Crippen molar-refractivity contribution in [2.75, 3.05) is 73.6 Å². The zero-order valence-corrected chi connectivity index (χ0v) is 18.3. The molecule has 0 saturated carbocycles. The second kappa shape index (κ2) is 15.2. The molecule has 7 heteroatoms. The van der Waals surface area contributed by atoms with Crippen molar-refractivity contribution in [3.63, 3.8) is 0 Å². The first-order chi connectivity index (χ1) is 11.2. The van der Waals surface area contributed by atoms with Crippen LogP contribution in [0.25, 0.3) is 0 Å². The number of likely N-dealkylation sites (tertiary alicyclic amines) is 1. The maximum absolute atomic E-state index is 5.08. The quantitative estimate of drug-likeness (QED) is 0.226. The van der Waals surface area contributed by atoms with E-state index in [1.807, 2.05) is 7.05 Å². The van der Waals surface area contributed by atoms with Crippen LogP contribution in [0, 0.1) is 5.92 Å². The van der Waals surface area contributed by atoms with Crippen molar-refractivity contribution in [1.82, 2.24) is 20.4 Å². The van der Waals surface area contributed by atoms with Gasteiger partial charge in [0.05, 0.1) is 6.61 Å². The van der Waals surface area contributed by atoms with E-state index in [0.717, 1.165) is 44.7 Å². The summed E-state index contributed by atoms with van der Waals surface area (Å²) in [6, 6.07) is 0. The van der Waals surface area contributed by atoms with E-state index in [0.29, 0.717) is 0 Å². The molecule has 0 aromatic rings. The van der Waals surface area contributed by atoms with Gasteiger partial charge >= 0.3 is 0 Å². The summed E-state index contributed by atoms with van der Waals surface area (Å²) in [6.07, 6.45) is 3.88. The average Bonchev–Trinajstić information content (AvgIpc) is 2.56. The highest BCUT2D eigenvalue weighted by Crippen LogP contribution is 2.15. The van der Waals surface area contributed by atoms with Crippen molar-refractivity contribution in [3.8, 4) is 0 Å². The van der Waals surface area contributed by atoms with Gasteiger partial charge in [-0.15, -0.1) is 24.0 Å². The number of piperidine rings is 1. The van der Waals surface area contributed by atoms with Gasteiger partial charge < -0.3 is 25.2 Å². The Morgan fingerprint density at radius 2 is 1.88 bits per heavy atom. The second-order valence-electron chi connectivity index (χ2n) is 6.60. The molecule has 1 rings (SSSR count). The molecular formula is C17H38IN5O. The fourth-order valence-electron chi connectivity index (χ4n) is 2.74. The van der Waals surface area contributed by atoms with Gasteiger partial charge in [0.15, 0.2) is 5.96 Å². The van der Waals surface area contributed by atoms with Gasteiger partial charge in [-0.3, -0.25) is 4.99 Å². The molecule has 0 aromatic carbocycles. The largest absolute Gasteiger partial charge is 0.383 e. The SMILES string of the molecule is CN=C(NCCCN1CCC(C)CC1)NCCN(C)CCOC.I. The molecule has 1 aliphatic heterocycles. The molecule has 0 aromatic heterocycles. The molecule has 0 spiro atoms. The highest BCUT2D eigenvalue weighted by atomic mass is 127. The van der Waals surface area contributed by atoms with Crippen molar-refractivity contribution in [1.29, 1.82) is 0 Å². The molecule has 0 aliphatic carbocycles. The summed E-state index contributed by atoms with van der Waals surface area (Å²) < 4.78 is 5.08. The van der Waals surface area contributed by atoms with Gasteiger partial charge in [-0.1, -0.05) is 6.92 Å². The minimum atomic E-state index is 0. The molecular weight excluding hydrogens is 417 g/mol. The van der Waals surface area contributed by atoms with Crippen LogP contribution in [-0.4, -0.2) is 89.4 Å². The first-order valence-electron chi connectivity index (χ1n) is 9.00. The van der Waals surface area contributed by atoms with Gasteiger partial charge in [-0.05, 0) is 51.9 Å². The van der Waals surface area contributed by atoms with E-state index >= 15 is 0 Å². The fraction of sp³-hybridized carbons (Fsp3) is 0.941. The number of nitrogens with one attached hydrogen (secondary N) is 2. The van der Waals surface area contributed by atoms with Gasteiger partial charge in [0.1, 0.15) is 0 Å². The third-order valence-corrected chi connectivity index (χ3v) is 4.51. The molecule has 0 amide bonds. The summed E-state index contributed by atoms with van der Waals surface area (Å²) in [5, 5.41) is 6.77. The maximum atomic E-state index is 5.08. The minimum Gasteiger partial charge on any atom is -0.383 e. The third-order valence-electron chi connectivity index (χ3n) is 4.51. The molecule has 0 radical (unpaired) electrons. The molecule has 24 heavy (non-hydrogen) atoms. The van der Waals surface area contributed by atoms with E-state index in [9.17, 15) is 0 Å². The number of guanidine groups is 1. The highest BCUT2D eigenvalue weighted by Gasteiger charge is 2.14. The summed E-state index contributed by atoms with van der Waals surface area (Å²) >= 11 is 0. The lowest BCUT2D eigenvalue weighted by atomic mass is 9.99. The monoisotopic (exact) mass is 455 g/mol. The number of ether oxygens (including phenoxy) is 1. The van der Waals surface area contributed by atoms with Gasteiger partial charge in [0.2, 0.25) is 0 Å². The average molecular weight is 455 g/mol. The molecule has 0 unspecified atom stereocenters. The normalized spacial score (nSPS) is 17.0. The van der Waals surface area contributed by atoms with E-state index in [1.54, 1.807) is 7.11 Å². The van der Waals surface area contributed by atoms with Crippen LogP contribution in [0.4, 0.5) is 0 Å². The van der Waals surface area contributed by atoms with E-state index in [2.05, 4.69) is 39.4 Å². The van der Waals surface area contributed by atoms with Gasteiger partial charge in [-0.2, -0.15) is 0 Å². The molecule has 0 atom stereocenters. The number of halogens is 1. The predicted octanol–water partition coefficient (Wildman–Crippen LogP) is 1.47. The van der Waals surface area contributed by atoms with Gasteiger partial charge in [0, 0.05) is 40.3 Å². The summed E-state index contributed by atoms with van der Waals surface area (Å²) in [5.74, 6) is 1.81. The zero-order chi connectivity index (χ0) is 16.9. The van der Waals surface area contributed by atoms with E-state index in [4.69, 9.17) is 4.74 Å². The minimum absolute atomic E-state index is 0. The summed E-state index contributed by atoms with van der Waals surface area (Å²) in [4.78, 5) is 9.12. The standard InChI is InChI=1S/C17H37N5O.HI/c1-16-6-11-22(12-7-16)10-5-8-19-17(18-2)20-9-13-21(3)14-15-23-4;/h16H,5-15H2,1-4H3,(H2,18,19,20);1H. The Hall–Kier alpha value is -0.120. The lowest BCUT2D eigenvalue weighted by Gasteiger charge is -2.30. The van der Waals surface area contributed by atoms with Crippen LogP contribution in [0.5, 0.6) is 0 Å². The van der Waals surface area contributed by atoms with E-state index < -0.39 is 0 Å². The molecule has 6 nitrogen and oxygen atoms in total. The van der Waals surface area contributed by atoms with Crippen LogP contribution in [0.15, 0.2) is 4.99 Å². The van der Waals surface area contributed by atoms with Crippen molar-refractivity contribution < 1.29 is 4.74 Å². The summed E-state index contributed by atoms with van der Waals surface area (Å²) in [7, 11) is 5.68. The van der Waals surface area contributed by atoms with Crippen LogP contribution >= 0.6 is 24.0 Å². The third kappa shape index (κ3) is 11.4. The Morgan fingerprint density at radius 1 is 1.21 bits per heavy atom. The van der Waals surface area contributed by atoms with Crippen LogP contribution in [0.3, 0.4) is 0 Å². The summed E-state index contributed by atoms with van der Waals surface area (Å²) in [6.45, 7) is 10.7. The molecule has 1 aliphatic rings. The van der Waals surface area contributed by atoms with Crippen molar-refractivity contribution in [2.45, 2.75) is 26.2 Å². The number of likely N-dealkylation sites (N-methyl/N-ethyl adjacent to an activating group) is 1. The Kier molecular flexibility index (Phi) is 15.1. The van der Waals surface area contributed by atoms with Crippen molar-refractivity contribution in [2.24, 2.45) is 10.9 Å².